The lowest BCUT2D eigenvalue weighted by atomic mass is 10.0. The van der Waals surface area contributed by atoms with E-state index in [9.17, 15) is 15.0 Å². The monoisotopic (exact) mass is 270 g/mol. The van der Waals surface area contributed by atoms with Gasteiger partial charge in [-0.2, -0.15) is 12.6 Å². The predicted molar refractivity (Wildman–Crippen MR) is 72.7 cm³/mol. The van der Waals surface area contributed by atoms with Crippen LogP contribution in [0.5, 0.6) is 0 Å². The summed E-state index contributed by atoms with van der Waals surface area (Å²) >= 11 is 4.01. The maximum absolute atomic E-state index is 10.9. The van der Waals surface area contributed by atoms with Crippen LogP contribution in [0.1, 0.15) is 30.7 Å². The van der Waals surface area contributed by atoms with Crippen molar-refractivity contribution in [2.24, 2.45) is 0 Å². The first-order valence-electron chi connectivity index (χ1n) is 5.67. The zero-order chi connectivity index (χ0) is 13.7. The fourth-order valence-corrected chi connectivity index (χ4v) is 1.90. The molecule has 1 heterocycles. The van der Waals surface area contributed by atoms with E-state index in [-0.39, 0.29) is 5.91 Å². The number of carbonyl (C=O) groups is 1. The van der Waals surface area contributed by atoms with Crippen LogP contribution in [0.15, 0.2) is 12.1 Å². The second-order valence-electron chi connectivity index (χ2n) is 4.08. The van der Waals surface area contributed by atoms with Gasteiger partial charge in [0, 0.05) is 18.2 Å². The summed E-state index contributed by atoms with van der Waals surface area (Å²) in [5.41, 5.74) is 1.13. The molecule has 0 saturated carbocycles. The van der Waals surface area contributed by atoms with Gasteiger partial charge in [-0.15, -0.1) is 0 Å². The zero-order valence-corrected chi connectivity index (χ0v) is 11.3. The van der Waals surface area contributed by atoms with Crippen molar-refractivity contribution in [2.45, 2.75) is 32.5 Å². The number of nitrogens with zero attached hydrogens (tertiary/aromatic N) is 1. The normalized spacial score (nSPS) is 14.1. The Balaban J connectivity index is 2.87. The minimum atomic E-state index is -0.990. The van der Waals surface area contributed by atoms with Gasteiger partial charge in [-0.3, -0.25) is 4.79 Å². The Labute approximate surface area is 112 Å². The van der Waals surface area contributed by atoms with Crippen molar-refractivity contribution in [3.63, 3.8) is 0 Å². The van der Waals surface area contributed by atoms with Crippen molar-refractivity contribution < 1.29 is 15.0 Å². The molecule has 6 heteroatoms. The molecule has 0 radical (unpaired) electrons. The molecule has 100 valence electrons. The molecule has 5 nitrogen and oxygen atoms in total. The number of aliphatic hydroxyl groups excluding tert-OH is 2. The van der Waals surface area contributed by atoms with Crippen LogP contribution in [0.25, 0.3) is 0 Å². The highest BCUT2D eigenvalue weighted by Gasteiger charge is 2.20. The smallest absolute Gasteiger partial charge is 0.222 e. The van der Waals surface area contributed by atoms with Crippen molar-refractivity contribution in [2.75, 3.05) is 11.1 Å². The molecule has 18 heavy (non-hydrogen) atoms. The number of hydrogen-bond acceptors (Lipinski definition) is 5. The molecular weight excluding hydrogens is 252 g/mol. The maximum Gasteiger partial charge on any atom is 0.222 e. The summed E-state index contributed by atoms with van der Waals surface area (Å²) in [5.74, 6) is 0.722. The average molecular weight is 270 g/mol. The maximum atomic E-state index is 10.9. The van der Waals surface area contributed by atoms with Gasteiger partial charge in [-0.05, 0) is 25.2 Å². The number of hydrogen-bond donors (Lipinski definition) is 4. The van der Waals surface area contributed by atoms with Gasteiger partial charge in [0.25, 0.3) is 0 Å². The van der Waals surface area contributed by atoms with Crippen molar-refractivity contribution in [3.05, 3.63) is 23.4 Å². The first kappa shape index (κ1) is 14.9. The number of anilines is 1. The van der Waals surface area contributed by atoms with Crippen LogP contribution in [0.3, 0.4) is 0 Å². The zero-order valence-electron chi connectivity index (χ0n) is 10.4. The lowest BCUT2D eigenvalue weighted by molar-refractivity contribution is -0.114. The summed E-state index contributed by atoms with van der Waals surface area (Å²) in [7, 11) is 0. The Kier molecular flexibility index (Phi) is 5.58. The number of rotatable bonds is 5. The topological polar surface area (TPSA) is 82.5 Å². The number of aromatic nitrogens is 1. The second-order valence-corrected chi connectivity index (χ2v) is 4.52. The quantitative estimate of drug-likeness (QED) is 0.603. The third-order valence-electron chi connectivity index (χ3n) is 2.54. The minimum Gasteiger partial charge on any atom is -0.390 e. The van der Waals surface area contributed by atoms with Gasteiger partial charge >= 0.3 is 0 Å². The lowest BCUT2D eigenvalue weighted by Crippen LogP contribution is -2.20. The number of nitrogens with one attached hydrogen (secondary N) is 1. The molecule has 1 aromatic rings. The molecule has 0 aliphatic heterocycles. The van der Waals surface area contributed by atoms with Gasteiger partial charge in [0.15, 0.2) is 0 Å². The summed E-state index contributed by atoms with van der Waals surface area (Å²) in [6, 6.07) is 3.25. The van der Waals surface area contributed by atoms with Crippen LogP contribution in [0.4, 0.5) is 5.82 Å². The van der Waals surface area contributed by atoms with Crippen LogP contribution in [0.2, 0.25) is 0 Å². The highest BCUT2D eigenvalue weighted by molar-refractivity contribution is 7.80. The highest BCUT2D eigenvalue weighted by atomic mass is 32.1. The summed E-state index contributed by atoms with van der Waals surface area (Å²) < 4.78 is 0. The molecule has 3 N–H and O–H groups in total. The summed E-state index contributed by atoms with van der Waals surface area (Å²) in [6.45, 7) is 3.12. The predicted octanol–water partition coefficient (Wildman–Crippen LogP) is 1.06. The van der Waals surface area contributed by atoms with Crippen LogP contribution in [-0.2, 0) is 4.79 Å². The Morgan fingerprint density at radius 1 is 1.50 bits per heavy atom. The van der Waals surface area contributed by atoms with Crippen molar-refractivity contribution in [3.8, 4) is 0 Å². The van der Waals surface area contributed by atoms with Crippen molar-refractivity contribution in [1.82, 2.24) is 4.98 Å². The summed E-state index contributed by atoms with van der Waals surface area (Å²) in [4.78, 5) is 15.0. The standard InChI is InChI=1S/C12H18N2O3S/c1-7-9(12(17)10(16)5-6-18)3-4-11(13-7)14-8(2)15/h3-4,10,12,16-18H,5-6H2,1-2H3,(H,13,14,15). The van der Waals surface area contributed by atoms with Crippen LogP contribution >= 0.6 is 12.6 Å². The van der Waals surface area contributed by atoms with Crippen LogP contribution in [-0.4, -0.2) is 33.0 Å². The van der Waals surface area contributed by atoms with E-state index < -0.39 is 12.2 Å². The highest BCUT2D eigenvalue weighted by Crippen LogP contribution is 2.23. The first-order chi connectivity index (χ1) is 8.45. The third-order valence-corrected chi connectivity index (χ3v) is 2.80. The van der Waals surface area contributed by atoms with Crippen molar-refractivity contribution in [1.29, 1.82) is 0 Å². The van der Waals surface area contributed by atoms with Gasteiger partial charge in [-0.25, -0.2) is 4.98 Å². The molecule has 1 aromatic heterocycles. The lowest BCUT2D eigenvalue weighted by Gasteiger charge is -2.19. The second kappa shape index (κ2) is 6.72. The largest absolute Gasteiger partial charge is 0.390 e. The first-order valence-corrected chi connectivity index (χ1v) is 6.31. The molecule has 0 bridgehead atoms. The molecule has 1 amide bonds. The Morgan fingerprint density at radius 2 is 2.17 bits per heavy atom. The molecule has 0 aromatic carbocycles. The van der Waals surface area contributed by atoms with Gasteiger partial charge in [-0.1, -0.05) is 6.07 Å². The number of aliphatic hydroxyl groups is 2. The third kappa shape index (κ3) is 3.97. The average Bonchev–Trinajstić information content (AvgIpc) is 2.28. The Bertz CT molecular complexity index is 426. The molecule has 1 rings (SSSR count). The Hall–Kier alpha value is -1.11. The summed E-state index contributed by atoms with van der Waals surface area (Å²) in [5, 5.41) is 22.2. The van der Waals surface area contributed by atoms with E-state index >= 15 is 0 Å². The molecule has 0 aliphatic carbocycles. The summed E-state index contributed by atoms with van der Waals surface area (Å²) in [6.07, 6.45) is -1.46. The SMILES string of the molecule is CC(=O)Nc1ccc(C(O)C(O)CCS)c(C)n1. The van der Waals surface area contributed by atoms with Gasteiger partial charge in [0.2, 0.25) is 5.91 Å². The van der Waals surface area contributed by atoms with Crippen LogP contribution in [0, 0.1) is 6.92 Å². The number of aryl methyl sites for hydroxylation is 1. The number of carbonyl (C=O) groups excluding carboxylic acids is 1. The molecular formula is C12H18N2O3S. The van der Waals surface area contributed by atoms with E-state index in [1.54, 1.807) is 19.1 Å². The Morgan fingerprint density at radius 3 is 2.67 bits per heavy atom. The van der Waals surface area contributed by atoms with E-state index in [0.717, 1.165) is 0 Å². The fraction of sp³-hybridized carbons (Fsp3) is 0.500. The number of pyridine rings is 1. The molecule has 0 spiro atoms. The molecule has 0 fully saturated rings. The fourth-order valence-electron chi connectivity index (χ4n) is 1.63. The van der Waals surface area contributed by atoms with Gasteiger partial charge in [0.05, 0.1) is 6.10 Å². The number of amides is 1. The van der Waals surface area contributed by atoms with E-state index in [0.29, 0.717) is 29.2 Å². The van der Waals surface area contributed by atoms with E-state index in [2.05, 4.69) is 22.9 Å². The minimum absolute atomic E-state index is 0.203. The van der Waals surface area contributed by atoms with E-state index in [1.807, 2.05) is 0 Å². The van der Waals surface area contributed by atoms with Gasteiger partial charge < -0.3 is 15.5 Å². The van der Waals surface area contributed by atoms with Crippen LogP contribution < -0.4 is 5.32 Å². The van der Waals surface area contributed by atoms with Crippen molar-refractivity contribution >= 4 is 24.4 Å². The van der Waals surface area contributed by atoms with E-state index in [1.165, 1.54) is 6.92 Å². The number of thiol groups is 1. The molecule has 2 atom stereocenters. The van der Waals surface area contributed by atoms with E-state index in [4.69, 9.17) is 0 Å². The molecule has 0 saturated heterocycles. The molecule has 0 aliphatic rings. The van der Waals surface area contributed by atoms with Gasteiger partial charge in [0.1, 0.15) is 11.9 Å². The molecule has 2 unspecified atom stereocenters.